The Balaban J connectivity index is -0.000000602. The van der Waals surface area contributed by atoms with Gasteiger partial charge in [0.25, 0.3) is 0 Å². The first-order valence-electron chi connectivity index (χ1n) is 6.11. The van der Waals surface area contributed by atoms with Crippen LogP contribution in [0.15, 0.2) is 0 Å². The number of ether oxygens (including phenoxy) is 1. The van der Waals surface area contributed by atoms with E-state index in [1.165, 1.54) is 13.8 Å². The molecule has 0 saturated carbocycles. The predicted molar refractivity (Wildman–Crippen MR) is 75.3 cm³/mol. The first kappa shape index (κ1) is 23.0. The van der Waals surface area contributed by atoms with Crippen molar-refractivity contribution >= 4 is 55.6 Å². The Morgan fingerprint density at radius 3 is 2.24 bits per heavy atom. The smallest absolute Gasteiger partial charge is 1.00 e. The summed E-state index contributed by atoms with van der Waals surface area (Å²) < 4.78 is 4.26. The fraction of sp³-hybridized carbons (Fsp3) is 0.750. The van der Waals surface area contributed by atoms with Crippen LogP contribution in [-0.2, 0) is 19.1 Å². The maximum Gasteiger partial charge on any atom is 2.00 e. The minimum absolute atomic E-state index is 0. The number of aliphatic hydroxyl groups is 3. The van der Waals surface area contributed by atoms with E-state index in [-0.39, 0.29) is 60.2 Å². The fourth-order valence-corrected chi connectivity index (χ4v) is 1.07. The first-order chi connectivity index (χ1) is 9.11. The van der Waals surface area contributed by atoms with Gasteiger partial charge in [0.15, 0.2) is 0 Å². The average Bonchev–Trinajstić information content (AvgIpc) is 2.37. The van der Waals surface area contributed by atoms with Crippen LogP contribution in [0.4, 0.5) is 0 Å². The van der Waals surface area contributed by atoms with Crippen molar-refractivity contribution in [1.82, 2.24) is 5.32 Å². The van der Waals surface area contributed by atoms with Crippen molar-refractivity contribution in [1.29, 1.82) is 0 Å². The largest absolute Gasteiger partial charge is 2.00 e. The van der Waals surface area contributed by atoms with Gasteiger partial charge in [0.05, 0.1) is 13.0 Å². The number of carbonyl (C=O) groups is 3. The Hall–Kier alpha value is -0.250. The van der Waals surface area contributed by atoms with Crippen molar-refractivity contribution in [2.24, 2.45) is 5.41 Å². The number of amides is 1. The van der Waals surface area contributed by atoms with Gasteiger partial charge < -0.3 is 28.2 Å². The molecule has 120 valence electrons. The van der Waals surface area contributed by atoms with Gasteiger partial charge in [-0.1, -0.05) is 13.8 Å². The zero-order chi connectivity index (χ0) is 15.9. The second-order valence-corrected chi connectivity index (χ2v) is 5.06. The fourth-order valence-electron chi connectivity index (χ4n) is 1.07. The van der Waals surface area contributed by atoms with E-state index in [1.807, 2.05) is 0 Å². The molecule has 0 aliphatic rings. The van der Waals surface area contributed by atoms with Crippen LogP contribution in [-0.4, -0.2) is 96.3 Å². The molecular weight excluding hydrogens is 310 g/mol. The van der Waals surface area contributed by atoms with Crippen molar-refractivity contribution in [3.05, 3.63) is 0 Å². The Labute approximate surface area is 155 Å². The average molecular weight is 333 g/mol. The van der Waals surface area contributed by atoms with Crippen molar-refractivity contribution in [2.45, 2.75) is 39.4 Å². The van der Waals surface area contributed by atoms with Gasteiger partial charge in [0.2, 0.25) is 5.91 Å². The summed E-state index contributed by atoms with van der Waals surface area (Å²) in [5, 5.41) is 29.8. The van der Waals surface area contributed by atoms with Crippen LogP contribution < -0.4 is 5.32 Å². The molecule has 0 bridgehead atoms. The van der Waals surface area contributed by atoms with Crippen LogP contribution in [0, 0.1) is 5.41 Å². The summed E-state index contributed by atoms with van der Waals surface area (Å²) in [6.45, 7) is 3.65. The van der Waals surface area contributed by atoms with E-state index in [1.54, 1.807) is 0 Å². The van der Waals surface area contributed by atoms with Crippen LogP contribution in [0.1, 0.15) is 30.0 Å². The SMILES string of the molecule is CC(O)C(=O)OC(=O)CCNC(=O)[C@H](O)C(C)(C)CO.[Ca+2].[H-].[H-]. The minimum Gasteiger partial charge on any atom is -1.00 e. The predicted octanol–water partition coefficient (Wildman–Crippen LogP) is -1.83. The zero-order valence-corrected chi connectivity index (χ0v) is 14.7. The van der Waals surface area contributed by atoms with E-state index >= 15 is 0 Å². The number of nitrogens with one attached hydrogen (secondary N) is 1. The van der Waals surface area contributed by atoms with Gasteiger partial charge in [-0.3, -0.25) is 9.59 Å². The molecule has 0 fully saturated rings. The molecule has 0 saturated heterocycles. The summed E-state index contributed by atoms with van der Waals surface area (Å²) in [4.78, 5) is 33.6. The van der Waals surface area contributed by atoms with Crippen molar-refractivity contribution in [2.75, 3.05) is 13.2 Å². The zero-order valence-electron chi connectivity index (χ0n) is 14.5. The molecule has 4 N–H and O–H groups in total. The maximum absolute atomic E-state index is 11.5. The van der Waals surface area contributed by atoms with E-state index in [2.05, 4.69) is 10.1 Å². The summed E-state index contributed by atoms with van der Waals surface area (Å²) in [6.07, 6.45) is -3.11. The molecule has 9 heteroatoms. The molecule has 0 aliphatic carbocycles. The summed E-state index contributed by atoms with van der Waals surface area (Å²) in [7, 11) is 0. The van der Waals surface area contributed by atoms with E-state index < -0.39 is 35.5 Å². The van der Waals surface area contributed by atoms with Crippen LogP contribution in [0.5, 0.6) is 0 Å². The number of esters is 2. The first-order valence-corrected chi connectivity index (χ1v) is 6.11. The summed E-state index contributed by atoms with van der Waals surface area (Å²) >= 11 is 0. The molecule has 0 aromatic carbocycles. The maximum atomic E-state index is 11.5. The molecule has 0 radical (unpaired) electrons. The Bertz CT molecular complexity index is 380. The molecule has 0 aliphatic heterocycles. The van der Waals surface area contributed by atoms with Gasteiger partial charge in [-0.25, -0.2) is 4.79 Å². The standard InChI is InChI=1S/C12H21NO7.Ca.2H/c1-7(15)11(19)20-8(16)4-5-13-10(18)9(17)12(2,3)6-14;;;/h7,9,14-15,17H,4-6H2,1-3H3,(H,13,18);;;/q;+2;2*-1/t7?,9-;;;/m0.../s1. The van der Waals surface area contributed by atoms with Crippen molar-refractivity contribution in [3.8, 4) is 0 Å². The minimum atomic E-state index is -1.43. The molecule has 0 spiro atoms. The van der Waals surface area contributed by atoms with Crippen LogP contribution >= 0.6 is 0 Å². The summed E-state index contributed by atoms with van der Waals surface area (Å²) in [6, 6.07) is 0. The number of carbonyl (C=O) groups excluding carboxylic acids is 3. The second-order valence-electron chi connectivity index (χ2n) is 5.06. The van der Waals surface area contributed by atoms with Crippen molar-refractivity contribution in [3.63, 3.8) is 0 Å². The third-order valence-corrected chi connectivity index (χ3v) is 2.58. The molecule has 0 heterocycles. The van der Waals surface area contributed by atoms with E-state index in [0.717, 1.165) is 6.92 Å². The molecule has 2 atom stereocenters. The van der Waals surface area contributed by atoms with E-state index in [9.17, 15) is 19.5 Å². The monoisotopic (exact) mass is 333 g/mol. The second kappa shape index (κ2) is 10.5. The van der Waals surface area contributed by atoms with Crippen molar-refractivity contribution < 1.29 is 37.3 Å². The van der Waals surface area contributed by atoms with Gasteiger partial charge in [0.1, 0.15) is 12.2 Å². The topological polar surface area (TPSA) is 133 Å². The Kier molecular flexibility index (Phi) is 11.5. The van der Waals surface area contributed by atoms with Crippen LogP contribution in [0.2, 0.25) is 0 Å². The van der Waals surface area contributed by atoms with Crippen LogP contribution in [0.25, 0.3) is 0 Å². The van der Waals surface area contributed by atoms with E-state index in [4.69, 9.17) is 10.2 Å². The Morgan fingerprint density at radius 2 is 1.81 bits per heavy atom. The molecular formula is C12H23CaNO7. The van der Waals surface area contributed by atoms with Gasteiger partial charge in [-0.2, -0.15) is 0 Å². The molecule has 21 heavy (non-hydrogen) atoms. The third kappa shape index (κ3) is 8.70. The van der Waals surface area contributed by atoms with Gasteiger partial charge in [0, 0.05) is 12.0 Å². The third-order valence-electron chi connectivity index (χ3n) is 2.58. The molecule has 1 amide bonds. The molecule has 0 aromatic rings. The Morgan fingerprint density at radius 1 is 1.29 bits per heavy atom. The number of rotatable bonds is 7. The van der Waals surface area contributed by atoms with E-state index in [0.29, 0.717) is 0 Å². The van der Waals surface area contributed by atoms with Gasteiger partial charge >= 0.3 is 49.7 Å². The quantitative estimate of drug-likeness (QED) is 0.244. The summed E-state index contributed by atoms with van der Waals surface area (Å²) in [5.74, 6) is -2.70. The van der Waals surface area contributed by atoms with Gasteiger partial charge in [-0.05, 0) is 6.92 Å². The normalized spacial score (nSPS) is 13.6. The summed E-state index contributed by atoms with van der Waals surface area (Å²) in [5.41, 5.74) is -1.01. The number of hydrogen-bond donors (Lipinski definition) is 4. The number of hydrogen-bond acceptors (Lipinski definition) is 7. The number of aliphatic hydroxyl groups excluding tert-OH is 3. The molecule has 0 aromatic heterocycles. The van der Waals surface area contributed by atoms with Crippen LogP contribution in [0.3, 0.4) is 0 Å². The molecule has 0 rings (SSSR count). The molecule has 1 unspecified atom stereocenters. The molecule has 8 nitrogen and oxygen atoms in total. The van der Waals surface area contributed by atoms with Gasteiger partial charge in [-0.15, -0.1) is 0 Å².